The summed E-state index contributed by atoms with van der Waals surface area (Å²) in [4.78, 5) is 25.6. The molecule has 1 aliphatic heterocycles. The highest BCUT2D eigenvalue weighted by molar-refractivity contribution is 14.1. The number of nitrogens with one attached hydrogen (secondary N) is 1. The number of halogens is 3. The smallest absolute Gasteiger partial charge is 0.285 e. The average molecular weight is 418 g/mol. The second-order valence-electron chi connectivity index (χ2n) is 5.50. The van der Waals surface area contributed by atoms with E-state index in [9.17, 15) is 18.4 Å². The van der Waals surface area contributed by atoms with Crippen LogP contribution >= 0.6 is 22.6 Å². The first kappa shape index (κ1) is 15.4. The van der Waals surface area contributed by atoms with Crippen molar-refractivity contribution in [3.05, 3.63) is 39.1 Å². The lowest BCUT2D eigenvalue weighted by Gasteiger charge is -2.32. The molecule has 1 heterocycles. The predicted molar refractivity (Wildman–Crippen MR) is 85.2 cm³/mol. The Kier molecular flexibility index (Phi) is 3.92. The molecule has 4 nitrogen and oxygen atoms in total. The van der Waals surface area contributed by atoms with Crippen molar-refractivity contribution in [2.75, 3.05) is 12.4 Å². The molecule has 1 saturated carbocycles. The van der Waals surface area contributed by atoms with E-state index in [2.05, 4.69) is 5.32 Å². The Balaban J connectivity index is 1.96. The van der Waals surface area contributed by atoms with Gasteiger partial charge in [0.25, 0.3) is 5.91 Å². The Morgan fingerprint density at radius 2 is 1.95 bits per heavy atom. The van der Waals surface area contributed by atoms with Gasteiger partial charge < -0.3 is 10.2 Å². The zero-order chi connectivity index (χ0) is 16.0. The Bertz CT molecular complexity index is 701. The van der Waals surface area contributed by atoms with Crippen molar-refractivity contribution in [3.63, 3.8) is 0 Å². The minimum Gasteiger partial charge on any atom is -0.348 e. The van der Waals surface area contributed by atoms with E-state index in [0.717, 1.165) is 17.7 Å². The van der Waals surface area contributed by atoms with Gasteiger partial charge in [-0.3, -0.25) is 9.59 Å². The molecule has 7 heteroatoms. The van der Waals surface area contributed by atoms with Crippen molar-refractivity contribution in [2.24, 2.45) is 5.92 Å². The average Bonchev–Trinajstić information content (AvgIpc) is 3.28. The Morgan fingerprint density at radius 1 is 1.27 bits per heavy atom. The van der Waals surface area contributed by atoms with Crippen molar-refractivity contribution >= 4 is 40.0 Å². The Morgan fingerprint density at radius 3 is 2.55 bits per heavy atom. The molecule has 0 radical (unpaired) electrons. The molecule has 0 saturated heterocycles. The van der Waals surface area contributed by atoms with Gasteiger partial charge >= 0.3 is 0 Å². The lowest BCUT2D eigenvalue weighted by molar-refractivity contribution is -0.138. The van der Waals surface area contributed by atoms with E-state index in [4.69, 9.17) is 0 Å². The van der Waals surface area contributed by atoms with E-state index >= 15 is 0 Å². The molecule has 1 amide bonds. The second-order valence-corrected chi connectivity index (χ2v) is 6.75. The summed E-state index contributed by atoms with van der Waals surface area (Å²) in [6.45, 7) is 0. The first-order valence-corrected chi connectivity index (χ1v) is 7.91. The highest BCUT2D eigenvalue weighted by Crippen LogP contribution is 2.39. The molecule has 0 aromatic heterocycles. The monoisotopic (exact) mass is 418 g/mol. The standard InChI is InChI=1S/C15H13F2IN2O2/c1-20-13(7-2-3-7)14(21)12(11(17)15(20)22)19-10-5-4-8(18)6-9(10)16/h4-7,13,19H,2-3H2,1H3. The van der Waals surface area contributed by atoms with Crippen LogP contribution in [0.5, 0.6) is 0 Å². The van der Waals surface area contributed by atoms with E-state index in [-0.39, 0.29) is 11.6 Å². The van der Waals surface area contributed by atoms with Crippen molar-refractivity contribution in [1.29, 1.82) is 0 Å². The van der Waals surface area contributed by atoms with Crippen LogP contribution in [0, 0.1) is 15.3 Å². The number of benzene rings is 1. The first-order valence-electron chi connectivity index (χ1n) is 6.83. The van der Waals surface area contributed by atoms with Crippen LogP contribution in [0.25, 0.3) is 0 Å². The van der Waals surface area contributed by atoms with Crippen LogP contribution in [-0.2, 0) is 9.59 Å². The fraction of sp³-hybridized carbons (Fsp3) is 0.333. The fourth-order valence-corrected chi connectivity index (χ4v) is 3.06. The molecule has 1 N–H and O–H groups in total. The van der Waals surface area contributed by atoms with Crippen LogP contribution in [0.1, 0.15) is 12.8 Å². The van der Waals surface area contributed by atoms with Crippen LogP contribution in [0.15, 0.2) is 29.7 Å². The molecule has 1 aromatic carbocycles. The molecule has 0 bridgehead atoms. The molecule has 1 fully saturated rings. The molecular formula is C15H13F2IN2O2. The number of anilines is 1. The van der Waals surface area contributed by atoms with Gasteiger partial charge in [-0.2, -0.15) is 4.39 Å². The molecule has 1 unspecified atom stereocenters. The third-order valence-electron chi connectivity index (χ3n) is 3.92. The van der Waals surface area contributed by atoms with E-state index in [1.54, 1.807) is 6.07 Å². The van der Waals surface area contributed by atoms with Crippen LogP contribution < -0.4 is 5.32 Å². The summed E-state index contributed by atoms with van der Waals surface area (Å²) >= 11 is 1.95. The number of ketones is 1. The largest absolute Gasteiger partial charge is 0.348 e. The van der Waals surface area contributed by atoms with Gasteiger partial charge in [0.2, 0.25) is 11.6 Å². The molecule has 22 heavy (non-hydrogen) atoms. The number of carbonyl (C=O) groups is 2. The Hall–Kier alpha value is -1.51. The van der Waals surface area contributed by atoms with Crippen molar-refractivity contribution in [2.45, 2.75) is 18.9 Å². The molecule has 3 rings (SSSR count). The van der Waals surface area contributed by atoms with Gasteiger partial charge in [0.05, 0.1) is 11.7 Å². The van der Waals surface area contributed by atoms with Crippen molar-refractivity contribution < 1.29 is 18.4 Å². The van der Waals surface area contributed by atoms with Crippen LogP contribution in [0.2, 0.25) is 0 Å². The highest BCUT2D eigenvalue weighted by atomic mass is 127. The van der Waals surface area contributed by atoms with Gasteiger partial charge in [0, 0.05) is 10.6 Å². The zero-order valence-electron chi connectivity index (χ0n) is 11.7. The highest BCUT2D eigenvalue weighted by Gasteiger charge is 2.47. The molecule has 1 aliphatic carbocycles. The zero-order valence-corrected chi connectivity index (χ0v) is 13.9. The minimum absolute atomic E-state index is 0.0224. The second kappa shape index (κ2) is 5.60. The third kappa shape index (κ3) is 2.62. The molecule has 116 valence electrons. The first-order chi connectivity index (χ1) is 10.4. The number of hydrogen-bond donors (Lipinski definition) is 1. The topological polar surface area (TPSA) is 49.4 Å². The number of rotatable bonds is 3. The van der Waals surface area contributed by atoms with Crippen LogP contribution in [0.4, 0.5) is 14.5 Å². The fourth-order valence-electron chi connectivity index (χ4n) is 2.60. The van der Waals surface area contributed by atoms with Crippen LogP contribution in [-0.4, -0.2) is 29.7 Å². The molecule has 1 aromatic rings. The SMILES string of the molecule is CN1C(=O)C(F)=C(Nc2ccc(I)cc2F)C(=O)C1C1CC1. The maximum absolute atomic E-state index is 14.2. The van der Waals surface area contributed by atoms with Crippen LogP contribution in [0.3, 0.4) is 0 Å². The summed E-state index contributed by atoms with van der Waals surface area (Å²) in [7, 11) is 1.42. The number of carbonyl (C=O) groups excluding carboxylic acids is 2. The van der Waals surface area contributed by atoms with Gasteiger partial charge in [-0.05, 0) is 59.5 Å². The summed E-state index contributed by atoms with van der Waals surface area (Å²) in [5.41, 5.74) is -0.467. The number of hydrogen-bond acceptors (Lipinski definition) is 3. The predicted octanol–water partition coefficient (Wildman–Crippen LogP) is 2.84. The van der Waals surface area contributed by atoms with E-state index in [1.165, 1.54) is 19.2 Å². The number of Topliss-reactive ketones (excluding diaryl/α,β-unsaturated/α-hetero) is 1. The molecule has 1 atom stereocenters. The molecular weight excluding hydrogens is 405 g/mol. The molecule has 2 aliphatic rings. The van der Waals surface area contributed by atoms with Gasteiger partial charge in [0.15, 0.2) is 0 Å². The summed E-state index contributed by atoms with van der Waals surface area (Å²) in [5, 5.41) is 2.47. The third-order valence-corrected chi connectivity index (χ3v) is 4.59. The maximum atomic E-state index is 14.2. The van der Waals surface area contributed by atoms with Crippen molar-refractivity contribution in [1.82, 2.24) is 4.90 Å². The number of likely N-dealkylation sites (N-methyl/N-ethyl adjacent to an activating group) is 1. The van der Waals surface area contributed by atoms with Crippen molar-refractivity contribution in [3.8, 4) is 0 Å². The van der Waals surface area contributed by atoms with E-state index in [0.29, 0.717) is 3.57 Å². The van der Waals surface area contributed by atoms with Gasteiger partial charge in [-0.15, -0.1) is 0 Å². The van der Waals surface area contributed by atoms with Gasteiger partial charge in [-0.25, -0.2) is 4.39 Å². The number of amides is 1. The summed E-state index contributed by atoms with van der Waals surface area (Å²) in [6, 6.07) is 3.64. The Labute approximate surface area is 139 Å². The lowest BCUT2D eigenvalue weighted by Crippen LogP contribution is -2.50. The lowest BCUT2D eigenvalue weighted by atomic mass is 9.98. The summed E-state index contributed by atoms with van der Waals surface area (Å²) in [6.07, 6.45) is 1.67. The molecule has 0 spiro atoms. The number of nitrogens with zero attached hydrogens (tertiary/aromatic N) is 1. The van der Waals surface area contributed by atoms with E-state index in [1.807, 2.05) is 22.6 Å². The normalized spacial score (nSPS) is 22.4. The van der Waals surface area contributed by atoms with E-state index < -0.39 is 35.1 Å². The minimum atomic E-state index is -1.16. The van der Waals surface area contributed by atoms with Gasteiger partial charge in [-0.1, -0.05) is 0 Å². The summed E-state index contributed by atoms with van der Waals surface area (Å²) in [5.74, 6) is -3.05. The van der Waals surface area contributed by atoms with Gasteiger partial charge in [0.1, 0.15) is 11.5 Å². The summed E-state index contributed by atoms with van der Waals surface area (Å²) < 4.78 is 28.7. The quantitative estimate of drug-likeness (QED) is 0.769. The maximum Gasteiger partial charge on any atom is 0.285 e.